The van der Waals surface area contributed by atoms with E-state index in [4.69, 9.17) is 11.6 Å². The Morgan fingerprint density at radius 2 is 2.14 bits per heavy atom. The van der Waals surface area contributed by atoms with Crippen LogP contribution in [0.1, 0.15) is 11.5 Å². The van der Waals surface area contributed by atoms with Crippen molar-refractivity contribution in [3.63, 3.8) is 0 Å². The van der Waals surface area contributed by atoms with Gasteiger partial charge in [-0.2, -0.15) is 13.2 Å². The highest BCUT2D eigenvalue weighted by Crippen LogP contribution is 2.18. The molecule has 7 heteroatoms. The van der Waals surface area contributed by atoms with Crippen LogP contribution < -0.4 is 5.56 Å². The van der Waals surface area contributed by atoms with Crippen LogP contribution in [0, 0.1) is 0 Å². The monoisotopic (exact) mass is 226 g/mol. The SMILES string of the molecule is O=c1cc(CCl)nc(CC(F)(F)F)[nH]1. The molecule has 0 spiro atoms. The lowest BCUT2D eigenvalue weighted by Gasteiger charge is -2.05. The molecule has 1 heterocycles. The van der Waals surface area contributed by atoms with Gasteiger partial charge in [0, 0.05) is 6.07 Å². The van der Waals surface area contributed by atoms with Gasteiger partial charge in [-0.05, 0) is 0 Å². The van der Waals surface area contributed by atoms with Crippen LogP contribution in [0.5, 0.6) is 0 Å². The van der Waals surface area contributed by atoms with E-state index in [2.05, 4.69) is 4.98 Å². The Balaban J connectivity index is 2.98. The molecule has 1 aromatic rings. The van der Waals surface area contributed by atoms with Crippen LogP contribution in [-0.2, 0) is 12.3 Å². The van der Waals surface area contributed by atoms with Crippen molar-refractivity contribution in [1.82, 2.24) is 9.97 Å². The number of H-pyrrole nitrogens is 1. The zero-order valence-electron chi connectivity index (χ0n) is 6.86. The summed E-state index contributed by atoms with van der Waals surface area (Å²) in [4.78, 5) is 16.4. The second-order valence-corrected chi connectivity index (χ2v) is 2.88. The highest BCUT2D eigenvalue weighted by molar-refractivity contribution is 6.16. The first kappa shape index (κ1) is 11.0. The van der Waals surface area contributed by atoms with Gasteiger partial charge in [0.25, 0.3) is 5.56 Å². The van der Waals surface area contributed by atoms with Crippen LogP contribution in [0.25, 0.3) is 0 Å². The molecule has 0 aromatic carbocycles. The maximum Gasteiger partial charge on any atom is 0.396 e. The van der Waals surface area contributed by atoms with Crippen LogP contribution in [0.15, 0.2) is 10.9 Å². The van der Waals surface area contributed by atoms with Crippen LogP contribution in [0.3, 0.4) is 0 Å². The molecule has 0 unspecified atom stereocenters. The van der Waals surface area contributed by atoms with Gasteiger partial charge in [-0.3, -0.25) is 4.79 Å². The summed E-state index contributed by atoms with van der Waals surface area (Å²) in [5.41, 5.74) is -0.496. The summed E-state index contributed by atoms with van der Waals surface area (Å²) in [7, 11) is 0. The number of halogens is 4. The lowest BCUT2D eigenvalue weighted by molar-refractivity contribution is -0.128. The molecule has 3 nitrogen and oxygen atoms in total. The Kier molecular flexibility index (Phi) is 3.15. The number of rotatable bonds is 2. The first-order valence-electron chi connectivity index (χ1n) is 3.62. The first-order chi connectivity index (χ1) is 6.40. The minimum Gasteiger partial charge on any atom is -0.310 e. The van der Waals surface area contributed by atoms with E-state index in [1.807, 2.05) is 4.98 Å². The second kappa shape index (κ2) is 4.00. The third-order valence-electron chi connectivity index (χ3n) is 1.35. The number of nitrogens with one attached hydrogen (secondary N) is 1. The van der Waals surface area contributed by atoms with Crippen LogP contribution >= 0.6 is 11.6 Å². The number of aromatic nitrogens is 2. The molecule has 0 fully saturated rings. The third kappa shape index (κ3) is 3.37. The van der Waals surface area contributed by atoms with E-state index in [0.29, 0.717) is 0 Å². The Labute approximate surface area is 81.9 Å². The van der Waals surface area contributed by atoms with Gasteiger partial charge in [0.2, 0.25) is 0 Å². The Morgan fingerprint density at radius 3 is 2.64 bits per heavy atom. The molecule has 1 aromatic heterocycles. The third-order valence-corrected chi connectivity index (χ3v) is 1.62. The second-order valence-electron chi connectivity index (χ2n) is 2.61. The largest absolute Gasteiger partial charge is 0.396 e. The van der Waals surface area contributed by atoms with E-state index >= 15 is 0 Å². The van der Waals surface area contributed by atoms with Crippen LogP contribution in [0.2, 0.25) is 0 Å². The highest BCUT2D eigenvalue weighted by atomic mass is 35.5. The molecule has 0 radical (unpaired) electrons. The quantitative estimate of drug-likeness (QED) is 0.779. The molecule has 0 bridgehead atoms. The lowest BCUT2D eigenvalue weighted by atomic mass is 10.3. The van der Waals surface area contributed by atoms with Crippen molar-refractivity contribution in [3.8, 4) is 0 Å². The predicted molar refractivity (Wildman–Crippen MR) is 44.2 cm³/mol. The zero-order chi connectivity index (χ0) is 10.8. The average Bonchev–Trinajstić information content (AvgIpc) is 1.99. The Hall–Kier alpha value is -1.04. The Morgan fingerprint density at radius 1 is 1.50 bits per heavy atom. The van der Waals surface area contributed by atoms with E-state index in [9.17, 15) is 18.0 Å². The molecule has 0 aliphatic heterocycles. The van der Waals surface area contributed by atoms with Gasteiger partial charge in [-0.25, -0.2) is 4.98 Å². The first-order valence-corrected chi connectivity index (χ1v) is 4.16. The van der Waals surface area contributed by atoms with Crippen LogP contribution in [0.4, 0.5) is 13.2 Å². The molecule has 1 rings (SSSR count). The maximum atomic E-state index is 11.9. The lowest BCUT2D eigenvalue weighted by Crippen LogP contribution is -2.19. The maximum absolute atomic E-state index is 11.9. The summed E-state index contributed by atoms with van der Waals surface area (Å²) >= 11 is 5.35. The van der Waals surface area contributed by atoms with Gasteiger partial charge in [-0.1, -0.05) is 0 Å². The predicted octanol–water partition coefficient (Wildman–Crippen LogP) is 1.61. The van der Waals surface area contributed by atoms with Crippen molar-refractivity contribution in [3.05, 3.63) is 27.9 Å². The topological polar surface area (TPSA) is 45.8 Å². The van der Waals surface area contributed by atoms with Gasteiger partial charge >= 0.3 is 6.18 Å². The van der Waals surface area contributed by atoms with E-state index in [0.717, 1.165) is 6.07 Å². The molecule has 0 saturated carbocycles. The van der Waals surface area contributed by atoms with Crippen LogP contribution in [-0.4, -0.2) is 16.1 Å². The van der Waals surface area contributed by atoms with Crippen molar-refractivity contribution in [2.24, 2.45) is 0 Å². The Bertz CT molecular complexity index is 374. The summed E-state index contributed by atoms with van der Waals surface area (Å²) in [6.45, 7) is 0. The van der Waals surface area contributed by atoms with Gasteiger partial charge in [0.1, 0.15) is 12.2 Å². The van der Waals surface area contributed by atoms with Crippen molar-refractivity contribution in [2.45, 2.75) is 18.5 Å². The summed E-state index contributed by atoms with van der Waals surface area (Å²) in [5.74, 6) is -0.505. The summed E-state index contributed by atoms with van der Waals surface area (Å²) in [6, 6.07) is 1.06. The fourth-order valence-electron chi connectivity index (χ4n) is 0.905. The van der Waals surface area contributed by atoms with Crippen molar-refractivity contribution < 1.29 is 13.2 Å². The molecule has 0 saturated heterocycles. The van der Waals surface area contributed by atoms with Crippen molar-refractivity contribution in [1.29, 1.82) is 0 Å². The van der Waals surface area contributed by atoms with E-state index in [1.165, 1.54) is 0 Å². The summed E-state index contributed by atoms with van der Waals surface area (Å²) < 4.78 is 35.7. The zero-order valence-corrected chi connectivity index (χ0v) is 7.61. The van der Waals surface area contributed by atoms with Crippen molar-refractivity contribution >= 4 is 11.6 Å². The van der Waals surface area contributed by atoms with Gasteiger partial charge in [-0.15, -0.1) is 11.6 Å². The smallest absolute Gasteiger partial charge is 0.310 e. The fourth-order valence-corrected chi connectivity index (χ4v) is 1.04. The van der Waals surface area contributed by atoms with Crippen molar-refractivity contribution in [2.75, 3.05) is 0 Å². The minimum atomic E-state index is -4.39. The number of nitrogens with zero attached hydrogens (tertiary/aromatic N) is 1. The molecule has 14 heavy (non-hydrogen) atoms. The van der Waals surface area contributed by atoms with Gasteiger partial charge in [0.15, 0.2) is 0 Å². The minimum absolute atomic E-state index is 0.0885. The summed E-state index contributed by atoms with van der Waals surface area (Å²) in [5, 5.41) is 0. The average molecular weight is 227 g/mol. The molecule has 1 N–H and O–H groups in total. The highest BCUT2D eigenvalue weighted by Gasteiger charge is 2.29. The van der Waals surface area contributed by atoms with E-state index in [1.54, 1.807) is 0 Å². The normalized spacial score (nSPS) is 11.7. The number of hydrogen-bond donors (Lipinski definition) is 1. The fraction of sp³-hybridized carbons (Fsp3) is 0.429. The molecule has 0 atom stereocenters. The number of aromatic amines is 1. The molecule has 0 aliphatic rings. The standard InChI is InChI=1S/C7H6ClF3N2O/c8-3-4-1-6(14)13-5(12-4)2-7(9,10)11/h1H,2-3H2,(H,12,13,14). The van der Waals surface area contributed by atoms with Gasteiger partial charge in [0.05, 0.1) is 11.6 Å². The molecular weight excluding hydrogens is 221 g/mol. The van der Waals surface area contributed by atoms with E-state index in [-0.39, 0.29) is 11.6 Å². The molecular formula is C7H6ClF3N2O. The molecule has 0 amide bonds. The summed E-state index contributed by atoms with van der Waals surface area (Å²) in [6.07, 6.45) is -5.64. The molecule has 0 aliphatic carbocycles. The molecule has 78 valence electrons. The van der Waals surface area contributed by atoms with Gasteiger partial charge < -0.3 is 4.98 Å². The number of alkyl halides is 4. The number of hydrogen-bond acceptors (Lipinski definition) is 2. The van der Waals surface area contributed by atoms with E-state index < -0.39 is 24.0 Å².